The third kappa shape index (κ3) is 2.78. The number of hydrogen-bond acceptors (Lipinski definition) is 4. The molecule has 0 radical (unpaired) electrons. The molecule has 1 amide bonds. The fraction of sp³-hybridized carbons (Fsp3) is 0.615. The van der Waals surface area contributed by atoms with E-state index in [1.54, 1.807) is 12.4 Å². The summed E-state index contributed by atoms with van der Waals surface area (Å²) in [6.45, 7) is 9.30. The number of anilines is 1. The first-order valence-electron chi connectivity index (χ1n) is 6.21. The van der Waals surface area contributed by atoms with E-state index in [1.807, 2.05) is 27.7 Å². The highest BCUT2D eigenvalue weighted by Crippen LogP contribution is 2.19. The minimum atomic E-state index is -0.330. The van der Waals surface area contributed by atoms with Crippen LogP contribution in [0.25, 0.3) is 0 Å². The molecule has 98 valence electrons. The highest BCUT2D eigenvalue weighted by molar-refractivity contribution is 5.82. The summed E-state index contributed by atoms with van der Waals surface area (Å²) in [7, 11) is 0. The Balaban J connectivity index is 1.86. The van der Waals surface area contributed by atoms with E-state index in [4.69, 9.17) is 0 Å². The first kappa shape index (κ1) is 12.8. The Morgan fingerprint density at radius 1 is 1.39 bits per heavy atom. The van der Waals surface area contributed by atoms with E-state index >= 15 is 0 Å². The fourth-order valence-corrected chi connectivity index (χ4v) is 1.76. The molecule has 0 aliphatic carbocycles. The van der Waals surface area contributed by atoms with Crippen molar-refractivity contribution in [2.24, 2.45) is 5.41 Å². The molecule has 18 heavy (non-hydrogen) atoms. The molecule has 1 fully saturated rings. The molecule has 1 aromatic rings. The number of nitrogens with zero attached hydrogens (tertiary/aromatic N) is 3. The first-order valence-corrected chi connectivity index (χ1v) is 6.21. The van der Waals surface area contributed by atoms with Crippen LogP contribution in [0.5, 0.6) is 0 Å². The number of amides is 1. The van der Waals surface area contributed by atoms with Gasteiger partial charge in [-0.3, -0.25) is 9.78 Å². The number of carbonyl (C=O) groups is 1. The lowest BCUT2D eigenvalue weighted by atomic mass is 9.94. The van der Waals surface area contributed by atoms with Crippen molar-refractivity contribution in [3.8, 4) is 0 Å². The molecule has 1 aromatic heterocycles. The van der Waals surface area contributed by atoms with E-state index < -0.39 is 0 Å². The second-order valence-corrected chi connectivity index (χ2v) is 5.84. The second kappa shape index (κ2) is 4.55. The van der Waals surface area contributed by atoms with Crippen LogP contribution in [0.2, 0.25) is 0 Å². The van der Waals surface area contributed by atoms with Crippen LogP contribution in [-0.2, 0) is 4.79 Å². The molecule has 0 spiro atoms. The molecule has 1 aliphatic rings. The minimum Gasteiger partial charge on any atom is -0.351 e. The maximum atomic E-state index is 11.8. The van der Waals surface area contributed by atoms with Gasteiger partial charge in [-0.2, -0.15) is 0 Å². The zero-order valence-electron chi connectivity index (χ0n) is 11.4. The third-order valence-electron chi connectivity index (χ3n) is 2.96. The second-order valence-electron chi connectivity index (χ2n) is 5.84. The van der Waals surface area contributed by atoms with Crippen molar-refractivity contribution in [1.29, 1.82) is 0 Å². The van der Waals surface area contributed by atoms with Gasteiger partial charge in [0, 0.05) is 24.7 Å². The van der Waals surface area contributed by atoms with E-state index in [1.165, 1.54) is 0 Å². The monoisotopic (exact) mass is 248 g/mol. The molecule has 1 saturated heterocycles. The summed E-state index contributed by atoms with van der Waals surface area (Å²) in [5.74, 6) is 0.985. The quantitative estimate of drug-likeness (QED) is 0.852. The van der Waals surface area contributed by atoms with E-state index in [2.05, 4.69) is 20.2 Å². The van der Waals surface area contributed by atoms with E-state index in [9.17, 15) is 4.79 Å². The summed E-state index contributed by atoms with van der Waals surface area (Å²) in [6.07, 6.45) is 3.50. The largest absolute Gasteiger partial charge is 0.351 e. The minimum absolute atomic E-state index is 0.0995. The molecule has 2 heterocycles. The Kier molecular flexibility index (Phi) is 3.24. The van der Waals surface area contributed by atoms with E-state index in [-0.39, 0.29) is 17.4 Å². The fourth-order valence-electron chi connectivity index (χ4n) is 1.76. The van der Waals surface area contributed by atoms with Crippen molar-refractivity contribution >= 4 is 11.7 Å². The van der Waals surface area contributed by atoms with Crippen molar-refractivity contribution < 1.29 is 4.79 Å². The van der Waals surface area contributed by atoms with Gasteiger partial charge in [-0.15, -0.1) is 0 Å². The first-order chi connectivity index (χ1) is 8.36. The number of nitrogens with one attached hydrogen (secondary N) is 1. The van der Waals surface area contributed by atoms with Crippen LogP contribution in [-0.4, -0.2) is 35.0 Å². The summed E-state index contributed by atoms with van der Waals surface area (Å²) in [4.78, 5) is 22.5. The summed E-state index contributed by atoms with van der Waals surface area (Å²) >= 11 is 0. The van der Waals surface area contributed by atoms with Gasteiger partial charge in [-0.1, -0.05) is 20.8 Å². The highest BCUT2D eigenvalue weighted by Gasteiger charge is 2.32. The van der Waals surface area contributed by atoms with Crippen LogP contribution in [0.4, 0.5) is 5.82 Å². The molecule has 5 nitrogen and oxygen atoms in total. The average Bonchev–Trinajstić information content (AvgIpc) is 2.20. The molecular formula is C13H20N4O. The van der Waals surface area contributed by atoms with Crippen LogP contribution >= 0.6 is 0 Å². The topological polar surface area (TPSA) is 58.1 Å². The molecule has 0 bridgehead atoms. The molecule has 2 rings (SSSR count). The standard InChI is InChI=1S/C13H20N4O/c1-9-5-14-6-11(15-9)17-7-10(8-17)16-12(18)13(2,3)4/h5-6,10H,7-8H2,1-4H3,(H,16,18). The smallest absolute Gasteiger partial charge is 0.225 e. The van der Waals surface area contributed by atoms with Crippen molar-refractivity contribution in [1.82, 2.24) is 15.3 Å². The van der Waals surface area contributed by atoms with Gasteiger partial charge in [0.25, 0.3) is 0 Å². The maximum Gasteiger partial charge on any atom is 0.225 e. The summed E-state index contributed by atoms with van der Waals surface area (Å²) in [5.41, 5.74) is 0.582. The van der Waals surface area contributed by atoms with E-state index in [0.717, 1.165) is 24.6 Å². The normalized spacial score (nSPS) is 16.3. The Hall–Kier alpha value is -1.65. The molecule has 0 saturated carbocycles. The van der Waals surface area contributed by atoms with Gasteiger partial charge >= 0.3 is 0 Å². The van der Waals surface area contributed by atoms with Gasteiger partial charge in [0.15, 0.2) is 0 Å². The zero-order valence-corrected chi connectivity index (χ0v) is 11.4. The number of aromatic nitrogens is 2. The molecule has 5 heteroatoms. The van der Waals surface area contributed by atoms with Crippen LogP contribution in [0, 0.1) is 12.3 Å². The van der Waals surface area contributed by atoms with Crippen molar-refractivity contribution in [2.45, 2.75) is 33.7 Å². The molecule has 0 aromatic carbocycles. The lowest BCUT2D eigenvalue weighted by Crippen LogP contribution is -2.61. The van der Waals surface area contributed by atoms with Crippen LogP contribution < -0.4 is 10.2 Å². The van der Waals surface area contributed by atoms with Crippen molar-refractivity contribution in [2.75, 3.05) is 18.0 Å². The van der Waals surface area contributed by atoms with Crippen molar-refractivity contribution in [3.05, 3.63) is 18.1 Å². The summed E-state index contributed by atoms with van der Waals surface area (Å²) in [6, 6.07) is 0.221. The average molecular weight is 248 g/mol. The molecule has 1 N–H and O–H groups in total. The Labute approximate surface area is 108 Å². The Bertz CT molecular complexity index is 447. The van der Waals surface area contributed by atoms with E-state index in [0.29, 0.717) is 0 Å². The van der Waals surface area contributed by atoms with Crippen LogP contribution in [0.3, 0.4) is 0 Å². The molecule has 0 unspecified atom stereocenters. The summed E-state index contributed by atoms with van der Waals surface area (Å²) < 4.78 is 0. The number of rotatable bonds is 2. The predicted molar refractivity (Wildman–Crippen MR) is 70.4 cm³/mol. The molecule has 1 aliphatic heterocycles. The number of hydrogen-bond donors (Lipinski definition) is 1. The Morgan fingerprint density at radius 3 is 2.61 bits per heavy atom. The predicted octanol–water partition coefficient (Wildman–Crippen LogP) is 1.14. The van der Waals surface area contributed by atoms with Crippen LogP contribution in [0.15, 0.2) is 12.4 Å². The van der Waals surface area contributed by atoms with Gasteiger partial charge in [-0.25, -0.2) is 4.98 Å². The summed E-state index contributed by atoms with van der Waals surface area (Å²) in [5, 5.41) is 3.04. The maximum absolute atomic E-state index is 11.8. The molecule has 0 atom stereocenters. The number of carbonyl (C=O) groups excluding carboxylic acids is 1. The highest BCUT2D eigenvalue weighted by atomic mass is 16.2. The van der Waals surface area contributed by atoms with Gasteiger partial charge < -0.3 is 10.2 Å². The van der Waals surface area contributed by atoms with Gasteiger partial charge in [0.2, 0.25) is 5.91 Å². The lowest BCUT2D eigenvalue weighted by Gasteiger charge is -2.41. The van der Waals surface area contributed by atoms with Gasteiger partial charge in [0.1, 0.15) is 5.82 Å². The lowest BCUT2D eigenvalue weighted by molar-refractivity contribution is -0.129. The zero-order chi connectivity index (χ0) is 13.3. The van der Waals surface area contributed by atoms with Crippen molar-refractivity contribution in [3.63, 3.8) is 0 Å². The number of aryl methyl sites for hydroxylation is 1. The van der Waals surface area contributed by atoms with Crippen LogP contribution in [0.1, 0.15) is 26.5 Å². The Morgan fingerprint density at radius 2 is 2.06 bits per heavy atom. The van der Waals surface area contributed by atoms with Gasteiger partial charge in [-0.05, 0) is 6.92 Å². The van der Waals surface area contributed by atoms with Gasteiger partial charge in [0.05, 0.1) is 17.9 Å². The third-order valence-corrected chi connectivity index (χ3v) is 2.96. The molecular weight excluding hydrogens is 228 g/mol. The SMILES string of the molecule is Cc1cncc(N2CC(NC(=O)C(C)(C)C)C2)n1.